The van der Waals surface area contributed by atoms with E-state index < -0.39 is 0 Å². The van der Waals surface area contributed by atoms with E-state index in [0.717, 1.165) is 5.56 Å². The number of nitrogens with zero attached hydrogens (tertiary/aromatic N) is 5. The molecular weight excluding hydrogens is 242 g/mol. The molecule has 3 rings (SSSR count). The Kier molecular flexibility index (Phi) is 2.68. The summed E-state index contributed by atoms with van der Waals surface area (Å²) in [5, 5.41) is 8.57. The van der Waals surface area contributed by atoms with Gasteiger partial charge in [0.1, 0.15) is 11.7 Å². The lowest BCUT2D eigenvalue weighted by Gasteiger charge is -1.98. The molecule has 1 aromatic carbocycles. The lowest BCUT2D eigenvalue weighted by Crippen LogP contribution is -2.16. The van der Waals surface area contributed by atoms with Crippen LogP contribution in [0.15, 0.2) is 52.8 Å². The van der Waals surface area contributed by atoms with E-state index in [4.69, 9.17) is 0 Å². The molecule has 0 spiro atoms. The van der Waals surface area contributed by atoms with Gasteiger partial charge in [-0.2, -0.15) is 14.9 Å². The van der Waals surface area contributed by atoms with Crippen LogP contribution in [-0.4, -0.2) is 25.7 Å². The second kappa shape index (κ2) is 4.49. The molecule has 2 aromatic heterocycles. The Morgan fingerprint density at radius 1 is 1.26 bits per heavy atom. The molecule has 0 aliphatic heterocycles. The highest BCUT2D eigenvalue weighted by atomic mass is 16.1. The fourth-order valence-corrected chi connectivity index (χ4v) is 1.77. The first kappa shape index (κ1) is 11.3. The molecule has 0 amide bonds. The largest absolute Gasteiger partial charge is 0.285 e. The van der Waals surface area contributed by atoms with Gasteiger partial charge in [-0.1, -0.05) is 30.3 Å². The van der Waals surface area contributed by atoms with Crippen LogP contribution in [0.3, 0.4) is 0 Å². The molecule has 0 atom stereocenters. The molecule has 2 heterocycles. The highest BCUT2D eigenvalue weighted by molar-refractivity contribution is 5.79. The van der Waals surface area contributed by atoms with Gasteiger partial charge in [-0.3, -0.25) is 9.48 Å². The van der Waals surface area contributed by atoms with Gasteiger partial charge in [-0.05, 0) is 5.56 Å². The molecule has 0 aliphatic carbocycles. The van der Waals surface area contributed by atoms with Gasteiger partial charge in [0.2, 0.25) is 0 Å². The summed E-state index contributed by atoms with van der Waals surface area (Å²) in [4.78, 5) is 16.3. The van der Waals surface area contributed by atoms with Crippen LogP contribution in [0.4, 0.5) is 0 Å². The molecule has 19 heavy (non-hydrogen) atoms. The molecule has 0 radical (unpaired) electrons. The predicted octanol–water partition coefficient (Wildman–Crippen LogP) is 1.01. The maximum absolute atomic E-state index is 12.1. The van der Waals surface area contributed by atoms with Crippen molar-refractivity contribution in [3.8, 4) is 0 Å². The van der Waals surface area contributed by atoms with Gasteiger partial charge in [0.05, 0.1) is 12.4 Å². The number of benzene rings is 1. The summed E-state index contributed by atoms with van der Waals surface area (Å²) in [5.74, 6) is 0. The molecule has 0 N–H and O–H groups in total. The van der Waals surface area contributed by atoms with Crippen LogP contribution in [-0.2, 0) is 7.05 Å². The minimum Gasteiger partial charge on any atom is -0.266 e. The molecule has 0 bridgehead atoms. The van der Waals surface area contributed by atoms with E-state index in [1.54, 1.807) is 17.9 Å². The minimum atomic E-state index is -0.231. The summed E-state index contributed by atoms with van der Waals surface area (Å²) in [6.45, 7) is 0. The first-order chi connectivity index (χ1) is 9.25. The van der Waals surface area contributed by atoms with Gasteiger partial charge in [0.25, 0.3) is 5.56 Å². The van der Waals surface area contributed by atoms with Gasteiger partial charge in [-0.25, -0.2) is 4.98 Å². The van der Waals surface area contributed by atoms with Gasteiger partial charge in [-0.15, -0.1) is 0 Å². The van der Waals surface area contributed by atoms with Crippen LogP contribution < -0.4 is 5.56 Å². The van der Waals surface area contributed by atoms with E-state index in [2.05, 4.69) is 15.2 Å². The van der Waals surface area contributed by atoms with Crippen LogP contribution in [0.25, 0.3) is 11.0 Å². The lowest BCUT2D eigenvalue weighted by atomic mass is 10.2. The van der Waals surface area contributed by atoms with Gasteiger partial charge >= 0.3 is 0 Å². The Bertz CT molecular complexity index is 801. The summed E-state index contributed by atoms with van der Waals surface area (Å²) < 4.78 is 2.76. The van der Waals surface area contributed by atoms with Crippen molar-refractivity contribution >= 4 is 17.2 Å². The Hall–Kier alpha value is -2.76. The highest BCUT2D eigenvalue weighted by Gasteiger charge is 2.06. The predicted molar refractivity (Wildman–Crippen MR) is 72.2 cm³/mol. The molecule has 0 aliphatic rings. The minimum absolute atomic E-state index is 0.231. The summed E-state index contributed by atoms with van der Waals surface area (Å²) in [6, 6.07) is 9.56. The topological polar surface area (TPSA) is 65.1 Å². The standard InChI is InChI=1S/C13H11N5O/c1-17-12-11(8-15-17)13(19)18(9-14-12)16-7-10-5-3-2-4-6-10/h2-9H,1H3/b16-7-. The van der Waals surface area contributed by atoms with E-state index in [1.807, 2.05) is 30.3 Å². The smallest absolute Gasteiger partial charge is 0.266 e. The average molecular weight is 253 g/mol. The lowest BCUT2D eigenvalue weighted by molar-refractivity contribution is 0.771. The fraction of sp³-hybridized carbons (Fsp3) is 0.0769. The molecule has 6 nitrogen and oxygen atoms in total. The highest BCUT2D eigenvalue weighted by Crippen LogP contribution is 2.03. The van der Waals surface area contributed by atoms with Crippen molar-refractivity contribution in [3.63, 3.8) is 0 Å². The first-order valence-electron chi connectivity index (χ1n) is 5.74. The molecular formula is C13H11N5O. The molecule has 94 valence electrons. The van der Waals surface area contributed by atoms with Crippen molar-refractivity contribution in [2.75, 3.05) is 0 Å². The van der Waals surface area contributed by atoms with Crippen molar-refractivity contribution in [1.29, 1.82) is 0 Å². The number of hydrogen-bond acceptors (Lipinski definition) is 4. The van der Waals surface area contributed by atoms with Crippen molar-refractivity contribution < 1.29 is 0 Å². The average Bonchev–Trinajstić information content (AvgIpc) is 2.82. The van der Waals surface area contributed by atoms with Crippen molar-refractivity contribution in [2.45, 2.75) is 0 Å². The number of fused-ring (bicyclic) bond motifs is 1. The summed E-state index contributed by atoms with van der Waals surface area (Å²) in [7, 11) is 1.74. The normalized spacial score (nSPS) is 11.4. The number of rotatable bonds is 2. The SMILES string of the molecule is Cn1ncc2c(=O)n(/N=C\c3ccccc3)cnc21. The Morgan fingerprint density at radius 3 is 2.84 bits per heavy atom. The molecule has 0 saturated heterocycles. The summed E-state index contributed by atoms with van der Waals surface area (Å²) in [6.07, 6.45) is 4.51. The van der Waals surface area contributed by atoms with Crippen molar-refractivity contribution in [3.05, 3.63) is 58.8 Å². The van der Waals surface area contributed by atoms with E-state index in [-0.39, 0.29) is 5.56 Å². The molecule has 0 unspecified atom stereocenters. The Morgan fingerprint density at radius 2 is 2.05 bits per heavy atom. The summed E-state index contributed by atoms with van der Waals surface area (Å²) >= 11 is 0. The zero-order valence-electron chi connectivity index (χ0n) is 10.3. The van der Waals surface area contributed by atoms with Crippen LogP contribution in [0, 0.1) is 0 Å². The van der Waals surface area contributed by atoms with E-state index in [0.29, 0.717) is 11.0 Å². The zero-order chi connectivity index (χ0) is 13.2. The van der Waals surface area contributed by atoms with Gasteiger partial charge in [0.15, 0.2) is 5.65 Å². The number of aromatic nitrogens is 4. The fourth-order valence-electron chi connectivity index (χ4n) is 1.77. The number of aryl methyl sites for hydroxylation is 1. The van der Waals surface area contributed by atoms with E-state index in [9.17, 15) is 4.79 Å². The third-order valence-corrected chi connectivity index (χ3v) is 2.77. The molecule has 6 heteroatoms. The van der Waals surface area contributed by atoms with Gasteiger partial charge < -0.3 is 0 Å². The monoisotopic (exact) mass is 253 g/mol. The Labute approximate surface area is 108 Å². The van der Waals surface area contributed by atoms with Gasteiger partial charge in [0, 0.05) is 7.05 Å². The molecule has 3 aromatic rings. The van der Waals surface area contributed by atoms with Crippen molar-refractivity contribution in [1.82, 2.24) is 19.4 Å². The maximum Gasteiger partial charge on any atom is 0.285 e. The second-order valence-electron chi connectivity index (χ2n) is 4.06. The van der Waals surface area contributed by atoms with E-state index >= 15 is 0 Å². The summed E-state index contributed by atoms with van der Waals surface area (Å²) in [5.41, 5.74) is 1.24. The van der Waals surface area contributed by atoms with Crippen LogP contribution in [0.5, 0.6) is 0 Å². The second-order valence-corrected chi connectivity index (χ2v) is 4.06. The van der Waals surface area contributed by atoms with Crippen LogP contribution in [0.2, 0.25) is 0 Å². The quantitative estimate of drug-likeness (QED) is 0.640. The maximum atomic E-state index is 12.1. The van der Waals surface area contributed by atoms with Crippen molar-refractivity contribution in [2.24, 2.45) is 12.1 Å². The third-order valence-electron chi connectivity index (χ3n) is 2.77. The molecule has 0 saturated carbocycles. The first-order valence-corrected chi connectivity index (χ1v) is 5.74. The Balaban J connectivity index is 2.05. The third kappa shape index (κ3) is 2.03. The van der Waals surface area contributed by atoms with Crippen LogP contribution >= 0.6 is 0 Å². The van der Waals surface area contributed by atoms with Crippen LogP contribution in [0.1, 0.15) is 5.56 Å². The molecule has 0 fully saturated rings. The zero-order valence-corrected chi connectivity index (χ0v) is 10.3. The number of hydrogen-bond donors (Lipinski definition) is 0. The van der Waals surface area contributed by atoms with E-state index in [1.165, 1.54) is 17.2 Å².